The van der Waals surface area contributed by atoms with Crippen LogP contribution in [0.4, 0.5) is 10.9 Å². The number of thiazole rings is 1. The number of rotatable bonds is 9. The maximum atomic E-state index is 12.8. The molecule has 0 spiro atoms. The average Bonchev–Trinajstić information content (AvgIpc) is 3.27. The highest BCUT2D eigenvalue weighted by atomic mass is 32.1. The lowest BCUT2D eigenvalue weighted by Gasteiger charge is -2.13. The molecule has 0 saturated carbocycles. The Morgan fingerprint density at radius 2 is 1.91 bits per heavy atom. The largest absolute Gasteiger partial charge is 0.307 e. The molecule has 2 amide bonds. The molecule has 2 N–H and O–H groups in total. The zero-order valence-corrected chi connectivity index (χ0v) is 21.1. The molecule has 0 unspecified atom stereocenters. The minimum absolute atomic E-state index is 0.0937. The first kappa shape index (κ1) is 25.3. The van der Waals surface area contributed by atoms with Crippen LogP contribution in [0.5, 0.6) is 0 Å². The summed E-state index contributed by atoms with van der Waals surface area (Å²) < 4.78 is 0. The number of aryl methyl sites for hydroxylation is 2. The minimum Gasteiger partial charge on any atom is -0.307 e. The van der Waals surface area contributed by atoms with Crippen LogP contribution in [0.15, 0.2) is 54.9 Å². The molecular formula is C26H31N5O2S. The van der Waals surface area contributed by atoms with Crippen LogP contribution in [0.1, 0.15) is 35.8 Å². The molecule has 34 heavy (non-hydrogen) atoms. The van der Waals surface area contributed by atoms with E-state index in [9.17, 15) is 9.59 Å². The topological polar surface area (TPSA) is 87.2 Å². The number of likely N-dealkylation sites (N-methyl/N-ethyl adjacent to an activating group) is 1. The van der Waals surface area contributed by atoms with Gasteiger partial charge in [-0.3, -0.25) is 9.59 Å². The molecule has 0 aliphatic carbocycles. The predicted octanol–water partition coefficient (Wildman–Crippen LogP) is 4.87. The number of pyridine rings is 1. The van der Waals surface area contributed by atoms with E-state index in [0.29, 0.717) is 17.5 Å². The summed E-state index contributed by atoms with van der Waals surface area (Å²) in [5.41, 5.74) is 3.64. The first-order valence-corrected chi connectivity index (χ1v) is 12.0. The fourth-order valence-electron chi connectivity index (χ4n) is 3.27. The molecule has 0 aliphatic rings. The lowest BCUT2D eigenvalue weighted by Crippen LogP contribution is -2.18. The van der Waals surface area contributed by atoms with Gasteiger partial charge in [-0.2, -0.15) is 0 Å². The smallest absolute Gasteiger partial charge is 0.249 e. The van der Waals surface area contributed by atoms with Crippen LogP contribution in [0, 0.1) is 6.92 Å². The van der Waals surface area contributed by atoms with Crippen LogP contribution in [0.2, 0.25) is 0 Å². The van der Waals surface area contributed by atoms with Crippen LogP contribution in [-0.2, 0) is 16.0 Å². The lowest BCUT2D eigenvalue weighted by atomic mass is 9.96. The number of anilines is 2. The third kappa shape index (κ3) is 6.82. The molecule has 0 bridgehead atoms. The zero-order chi connectivity index (χ0) is 24.7. The van der Waals surface area contributed by atoms with Gasteiger partial charge in [-0.25, -0.2) is 9.97 Å². The number of benzene rings is 1. The summed E-state index contributed by atoms with van der Waals surface area (Å²) >= 11 is 1.50. The van der Waals surface area contributed by atoms with Crippen molar-refractivity contribution in [3.05, 3.63) is 70.9 Å². The second kappa shape index (κ2) is 11.7. The molecule has 7 nitrogen and oxygen atoms in total. The third-order valence-electron chi connectivity index (χ3n) is 5.31. The van der Waals surface area contributed by atoms with Crippen molar-refractivity contribution in [2.75, 3.05) is 31.3 Å². The van der Waals surface area contributed by atoms with E-state index in [-0.39, 0.29) is 17.7 Å². The number of aromatic nitrogens is 2. The van der Waals surface area contributed by atoms with E-state index in [1.807, 2.05) is 63.2 Å². The van der Waals surface area contributed by atoms with E-state index < -0.39 is 0 Å². The summed E-state index contributed by atoms with van der Waals surface area (Å²) in [5, 5.41) is 6.36. The Bertz CT molecular complexity index is 1190. The standard InChI is InChI=1S/C26H31N5O2S/c1-6-22-16-28-26(34-22)30-25(33)18(3)19-9-7-10-20(14-19)21-13-17(2)24(27-15-21)29-23(32)11-8-12-31(4)5/h7-11,13-16,18H,6,12H2,1-5H3,(H,27,29,32)(H,28,30,33)/b11-8+/t18-/m0/s1. The molecule has 1 aromatic carbocycles. The maximum absolute atomic E-state index is 12.8. The van der Waals surface area contributed by atoms with Gasteiger partial charge in [-0.1, -0.05) is 37.3 Å². The lowest BCUT2D eigenvalue weighted by molar-refractivity contribution is -0.117. The molecule has 0 saturated heterocycles. The van der Waals surface area contributed by atoms with E-state index in [4.69, 9.17) is 0 Å². The van der Waals surface area contributed by atoms with Crippen molar-refractivity contribution < 1.29 is 9.59 Å². The number of nitrogens with one attached hydrogen (secondary N) is 2. The van der Waals surface area contributed by atoms with Crippen molar-refractivity contribution >= 4 is 34.1 Å². The van der Waals surface area contributed by atoms with Gasteiger partial charge in [0.15, 0.2) is 5.13 Å². The van der Waals surface area contributed by atoms with Crippen LogP contribution >= 0.6 is 11.3 Å². The molecule has 8 heteroatoms. The van der Waals surface area contributed by atoms with E-state index in [1.165, 1.54) is 17.4 Å². The second-order valence-electron chi connectivity index (χ2n) is 8.37. The first-order valence-electron chi connectivity index (χ1n) is 11.2. The van der Waals surface area contributed by atoms with Crippen molar-refractivity contribution in [3.63, 3.8) is 0 Å². The Labute approximate surface area is 204 Å². The van der Waals surface area contributed by atoms with Gasteiger partial charge in [-0.05, 0) is 57.1 Å². The molecule has 0 radical (unpaired) electrons. The summed E-state index contributed by atoms with van der Waals surface area (Å²) in [4.78, 5) is 36.7. The average molecular weight is 478 g/mol. The van der Waals surface area contributed by atoms with Crippen molar-refractivity contribution in [1.29, 1.82) is 0 Å². The minimum atomic E-state index is -0.338. The molecule has 2 aromatic heterocycles. The van der Waals surface area contributed by atoms with Gasteiger partial charge in [0.2, 0.25) is 11.8 Å². The van der Waals surface area contributed by atoms with Crippen molar-refractivity contribution in [1.82, 2.24) is 14.9 Å². The Morgan fingerprint density at radius 3 is 2.59 bits per heavy atom. The van der Waals surface area contributed by atoms with Gasteiger partial charge in [0.1, 0.15) is 5.82 Å². The van der Waals surface area contributed by atoms with Gasteiger partial charge in [0, 0.05) is 35.5 Å². The molecule has 0 aliphatic heterocycles. The van der Waals surface area contributed by atoms with Gasteiger partial charge < -0.3 is 15.5 Å². The van der Waals surface area contributed by atoms with Gasteiger partial charge in [-0.15, -0.1) is 11.3 Å². The highest BCUT2D eigenvalue weighted by Gasteiger charge is 2.17. The summed E-state index contributed by atoms with van der Waals surface area (Å²) in [5.74, 6) is -0.111. The third-order valence-corrected chi connectivity index (χ3v) is 6.36. The molecular weight excluding hydrogens is 446 g/mol. The molecule has 3 rings (SSSR count). The fraction of sp³-hybridized carbons (Fsp3) is 0.308. The molecule has 1 atom stereocenters. The second-order valence-corrected chi connectivity index (χ2v) is 9.48. The summed E-state index contributed by atoms with van der Waals surface area (Å²) in [6.07, 6.45) is 7.75. The SMILES string of the molecule is CCc1cnc(NC(=O)[C@@H](C)c2cccc(-c3cnc(NC(=O)/C=C/CN(C)C)c(C)c3)c2)s1. The Morgan fingerprint density at radius 1 is 1.12 bits per heavy atom. The molecule has 0 fully saturated rings. The van der Waals surface area contributed by atoms with E-state index in [0.717, 1.165) is 33.6 Å². The van der Waals surface area contributed by atoms with Crippen molar-refractivity contribution in [2.45, 2.75) is 33.1 Å². The Balaban J connectivity index is 1.70. The highest BCUT2D eigenvalue weighted by Crippen LogP contribution is 2.27. The summed E-state index contributed by atoms with van der Waals surface area (Å²) in [7, 11) is 3.88. The monoisotopic (exact) mass is 477 g/mol. The van der Waals surface area contributed by atoms with Crippen LogP contribution < -0.4 is 10.6 Å². The van der Waals surface area contributed by atoms with Crippen molar-refractivity contribution in [3.8, 4) is 11.1 Å². The van der Waals surface area contributed by atoms with Crippen LogP contribution in [0.3, 0.4) is 0 Å². The highest BCUT2D eigenvalue weighted by molar-refractivity contribution is 7.15. The van der Waals surface area contributed by atoms with Crippen LogP contribution in [0.25, 0.3) is 11.1 Å². The molecule has 178 valence electrons. The van der Waals surface area contributed by atoms with Crippen LogP contribution in [-0.4, -0.2) is 47.3 Å². The number of carbonyl (C=O) groups is 2. The van der Waals surface area contributed by atoms with Gasteiger partial charge in [0.25, 0.3) is 0 Å². The Hall–Kier alpha value is -3.36. The Kier molecular flexibility index (Phi) is 8.67. The van der Waals surface area contributed by atoms with E-state index >= 15 is 0 Å². The number of hydrogen-bond acceptors (Lipinski definition) is 6. The fourth-order valence-corrected chi connectivity index (χ4v) is 4.03. The van der Waals surface area contributed by atoms with Gasteiger partial charge >= 0.3 is 0 Å². The normalized spacial score (nSPS) is 12.2. The van der Waals surface area contributed by atoms with E-state index in [2.05, 4.69) is 27.5 Å². The maximum Gasteiger partial charge on any atom is 0.249 e. The first-order chi connectivity index (χ1) is 16.3. The summed E-state index contributed by atoms with van der Waals surface area (Å²) in [6, 6.07) is 9.86. The zero-order valence-electron chi connectivity index (χ0n) is 20.3. The number of nitrogens with zero attached hydrogens (tertiary/aromatic N) is 3. The number of amides is 2. The molecule has 3 aromatic rings. The number of carbonyl (C=O) groups excluding carboxylic acids is 2. The van der Waals surface area contributed by atoms with E-state index in [1.54, 1.807) is 18.5 Å². The summed E-state index contributed by atoms with van der Waals surface area (Å²) in [6.45, 7) is 6.55. The molecule has 2 heterocycles. The van der Waals surface area contributed by atoms with Crippen molar-refractivity contribution in [2.24, 2.45) is 0 Å². The predicted molar refractivity (Wildman–Crippen MR) is 139 cm³/mol. The quantitative estimate of drug-likeness (QED) is 0.429. The number of hydrogen-bond donors (Lipinski definition) is 2. The van der Waals surface area contributed by atoms with Gasteiger partial charge in [0.05, 0.1) is 5.92 Å².